The number of methoxy groups -OCH3 is 1. The zero-order valence-electron chi connectivity index (χ0n) is 16.6. The molecule has 168 valence electrons. The maximum atomic E-state index is 13.3. The summed E-state index contributed by atoms with van der Waals surface area (Å²) in [6, 6.07) is 1.19. The quantitative estimate of drug-likeness (QED) is 0.715. The number of rotatable bonds is 4. The van der Waals surface area contributed by atoms with Crippen LogP contribution in [-0.2, 0) is 17.8 Å². The Bertz CT molecular complexity index is 883. The van der Waals surface area contributed by atoms with Crippen molar-refractivity contribution in [2.24, 2.45) is 5.73 Å². The number of fused-ring (bicyclic) bond motifs is 1. The summed E-state index contributed by atoms with van der Waals surface area (Å²) in [5.41, 5.74) is 5.36. The Balaban J connectivity index is 0.000000303. The van der Waals surface area contributed by atoms with Crippen molar-refractivity contribution in [3.8, 4) is 0 Å². The molecule has 0 spiro atoms. The second-order valence-corrected chi connectivity index (χ2v) is 7.19. The topological polar surface area (TPSA) is 97.8 Å². The van der Waals surface area contributed by atoms with Crippen LogP contribution in [0.15, 0.2) is 18.5 Å². The van der Waals surface area contributed by atoms with Crippen molar-refractivity contribution in [2.75, 3.05) is 20.2 Å². The Morgan fingerprint density at radius 2 is 2.00 bits per heavy atom. The third kappa shape index (κ3) is 5.75. The zero-order chi connectivity index (χ0) is 22.7. The first-order chi connectivity index (χ1) is 13.8. The van der Waals surface area contributed by atoms with Gasteiger partial charge in [-0.25, -0.2) is 23.1 Å². The molecule has 1 aliphatic rings. The summed E-state index contributed by atoms with van der Waals surface area (Å²) in [6.07, 6.45) is -1.06. The van der Waals surface area contributed by atoms with Gasteiger partial charge in [-0.15, -0.1) is 0 Å². The van der Waals surface area contributed by atoms with Gasteiger partial charge in [-0.2, -0.15) is 18.3 Å². The highest BCUT2D eigenvalue weighted by molar-refractivity contribution is 5.75. The lowest BCUT2D eigenvalue weighted by molar-refractivity contribution is -0.255. The van der Waals surface area contributed by atoms with E-state index in [2.05, 4.69) is 20.1 Å². The van der Waals surface area contributed by atoms with E-state index in [1.165, 1.54) is 6.20 Å². The van der Waals surface area contributed by atoms with E-state index >= 15 is 0 Å². The minimum atomic E-state index is -4.28. The summed E-state index contributed by atoms with van der Waals surface area (Å²) in [5.74, 6) is -2.93. The molecule has 0 atom stereocenters. The standard InChI is InChI=1S/C12H14F2N6O.C5H9F3O/c13-12(14)6-16-11(21)19(7-12)4-8-1-10-18-9(2-15)5-20(10)17-3-8;1-4(2,9-3)5(6,7)8/h1,3,5H,2,4,6-7,15H2,(H,16,21);1-3H3. The van der Waals surface area contributed by atoms with Gasteiger partial charge in [0.05, 0.1) is 31.2 Å². The maximum absolute atomic E-state index is 13.3. The third-order valence-electron chi connectivity index (χ3n) is 4.41. The maximum Gasteiger partial charge on any atom is 0.416 e. The molecule has 0 radical (unpaired) electrons. The highest BCUT2D eigenvalue weighted by Gasteiger charge is 2.47. The van der Waals surface area contributed by atoms with Gasteiger partial charge in [0, 0.05) is 20.2 Å². The van der Waals surface area contributed by atoms with Crippen LogP contribution in [0.2, 0.25) is 0 Å². The van der Waals surface area contributed by atoms with E-state index in [0.717, 1.165) is 25.9 Å². The summed E-state index contributed by atoms with van der Waals surface area (Å²) in [7, 11) is 1.04. The number of amides is 2. The average Bonchev–Trinajstić information content (AvgIpc) is 3.06. The Kier molecular flexibility index (Phi) is 6.87. The monoisotopic (exact) mass is 438 g/mol. The van der Waals surface area contributed by atoms with Gasteiger partial charge >= 0.3 is 12.2 Å². The molecular weight excluding hydrogens is 415 g/mol. The highest BCUT2D eigenvalue weighted by atomic mass is 19.4. The van der Waals surface area contributed by atoms with E-state index in [1.54, 1.807) is 16.8 Å². The molecule has 2 amide bonds. The molecule has 3 rings (SSSR count). The van der Waals surface area contributed by atoms with Gasteiger partial charge in [-0.3, -0.25) is 0 Å². The smallest absolute Gasteiger partial charge is 0.369 e. The lowest BCUT2D eigenvalue weighted by Gasteiger charge is -2.32. The molecule has 1 fully saturated rings. The molecule has 2 aromatic rings. The summed E-state index contributed by atoms with van der Waals surface area (Å²) >= 11 is 0. The van der Waals surface area contributed by atoms with Crippen molar-refractivity contribution >= 4 is 11.7 Å². The Morgan fingerprint density at radius 3 is 2.53 bits per heavy atom. The van der Waals surface area contributed by atoms with Crippen LogP contribution in [0, 0.1) is 0 Å². The predicted octanol–water partition coefficient (Wildman–Crippen LogP) is 2.32. The molecule has 3 N–H and O–H groups in total. The molecule has 0 bridgehead atoms. The van der Waals surface area contributed by atoms with Gasteiger partial charge in [0.15, 0.2) is 11.2 Å². The van der Waals surface area contributed by atoms with Crippen molar-refractivity contribution in [2.45, 2.75) is 44.6 Å². The van der Waals surface area contributed by atoms with Crippen molar-refractivity contribution in [3.63, 3.8) is 0 Å². The van der Waals surface area contributed by atoms with E-state index in [9.17, 15) is 26.7 Å². The van der Waals surface area contributed by atoms with Crippen molar-refractivity contribution in [3.05, 3.63) is 29.7 Å². The molecule has 0 aliphatic carbocycles. The number of alkyl halides is 5. The van der Waals surface area contributed by atoms with Crippen LogP contribution < -0.4 is 11.1 Å². The van der Waals surface area contributed by atoms with Crippen LogP contribution in [0.5, 0.6) is 0 Å². The van der Waals surface area contributed by atoms with Crippen LogP contribution in [0.25, 0.3) is 5.65 Å². The van der Waals surface area contributed by atoms with Gasteiger partial charge in [0.1, 0.15) is 0 Å². The normalized spacial score (nSPS) is 16.8. The first kappa shape index (κ1) is 23.7. The fourth-order valence-corrected chi connectivity index (χ4v) is 2.34. The van der Waals surface area contributed by atoms with E-state index in [4.69, 9.17) is 5.73 Å². The fourth-order valence-electron chi connectivity index (χ4n) is 2.34. The Hall–Kier alpha value is -2.54. The lowest BCUT2D eigenvalue weighted by atomic mass is 10.1. The first-order valence-electron chi connectivity index (χ1n) is 8.84. The van der Waals surface area contributed by atoms with Crippen LogP contribution in [0.4, 0.5) is 26.7 Å². The number of hydrogen-bond acceptors (Lipinski definition) is 5. The number of nitrogens with two attached hydrogens (primary N) is 1. The molecule has 0 aromatic carbocycles. The number of carbonyl (C=O) groups excluding carboxylic acids is 1. The molecule has 0 saturated carbocycles. The number of hydrogen-bond donors (Lipinski definition) is 2. The average molecular weight is 438 g/mol. The number of aromatic nitrogens is 3. The van der Waals surface area contributed by atoms with Gasteiger partial charge in [-0.05, 0) is 25.5 Å². The number of carbonyl (C=O) groups is 1. The molecular formula is C17H23F5N6O2. The highest BCUT2D eigenvalue weighted by Crippen LogP contribution is 2.31. The molecule has 2 aromatic heterocycles. The van der Waals surface area contributed by atoms with Crippen LogP contribution >= 0.6 is 0 Å². The predicted molar refractivity (Wildman–Crippen MR) is 96.8 cm³/mol. The summed E-state index contributed by atoms with van der Waals surface area (Å²) in [6.45, 7) is 1.07. The minimum absolute atomic E-state index is 0.0513. The molecule has 1 aliphatic heterocycles. The summed E-state index contributed by atoms with van der Waals surface area (Å²) in [4.78, 5) is 16.9. The van der Waals surface area contributed by atoms with Crippen LogP contribution in [0.3, 0.4) is 0 Å². The molecule has 13 heteroatoms. The van der Waals surface area contributed by atoms with Crippen molar-refractivity contribution < 1.29 is 31.5 Å². The van der Waals surface area contributed by atoms with Crippen molar-refractivity contribution in [1.29, 1.82) is 0 Å². The molecule has 1 saturated heterocycles. The lowest BCUT2D eigenvalue weighted by Crippen LogP contribution is -2.56. The van der Waals surface area contributed by atoms with Crippen molar-refractivity contribution in [1.82, 2.24) is 24.8 Å². The van der Waals surface area contributed by atoms with Crippen LogP contribution in [0.1, 0.15) is 25.1 Å². The molecule has 3 heterocycles. The first-order valence-corrected chi connectivity index (χ1v) is 8.84. The second-order valence-electron chi connectivity index (χ2n) is 7.19. The number of imidazole rings is 1. The number of ether oxygens (including phenoxy) is 1. The Labute approximate surface area is 169 Å². The summed E-state index contributed by atoms with van der Waals surface area (Å²) < 4.78 is 67.5. The Morgan fingerprint density at radius 1 is 1.33 bits per heavy atom. The number of nitrogens with one attached hydrogen (secondary N) is 1. The second kappa shape index (κ2) is 8.68. The van der Waals surface area contributed by atoms with Crippen LogP contribution in [-0.4, -0.2) is 63.4 Å². The van der Waals surface area contributed by atoms with Gasteiger partial charge in [-0.1, -0.05) is 0 Å². The molecule has 0 unspecified atom stereocenters. The largest absolute Gasteiger partial charge is 0.416 e. The van der Waals surface area contributed by atoms with Gasteiger partial charge < -0.3 is 20.7 Å². The molecule has 8 nitrogen and oxygen atoms in total. The van der Waals surface area contributed by atoms with Gasteiger partial charge in [0.2, 0.25) is 0 Å². The summed E-state index contributed by atoms with van der Waals surface area (Å²) in [5, 5.41) is 6.30. The number of urea groups is 1. The van der Waals surface area contributed by atoms with E-state index < -0.39 is 36.8 Å². The van der Waals surface area contributed by atoms with Gasteiger partial charge in [0.25, 0.3) is 5.92 Å². The zero-order valence-corrected chi connectivity index (χ0v) is 16.6. The third-order valence-corrected chi connectivity index (χ3v) is 4.41. The van der Waals surface area contributed by atoms with E-state index in [1.807, 2.05) is 0 Å². The van der Waals surface area contributed by atoms with E-state index in [-0.39, 0.29) is 6.54 Å². The minimum Gasteiger partial charge on any atom is -0.369 e. The molecule has 30 heavy (non-hydrogen) atoms. The SMILES string of the molecule is COC(C)(C)C(F)(F)F.NCc1cn2ncc(CN3CC(F)(F)CNC3=O)cc2n1. The number of halogens is 5. The fraction of sp³-hybridized carbons (Fsp3) is 0.588. The van der Waals surface area contributed by atoms with E-state index in [0.29, 0.717) is 23.4 Å². The number of nitrogens with zero attached hydrogens (tertiary/aromatic N) is 4.